The fraction of sp³-hybridized carbons (Fsp3) is 0.500. The van der Waals surface area contributed by atoms with Crippen LogP contribution < -0.4 is 5.73 Å². The average Bonchev–Trinajstić information content (AvgIpc) is 3.14. The van der Waals surface area contributed by atoms with Crippen molar-refractivity contribution in [1.82, 2.24) is 4.90 Å². The van der Waals surface area contributed by atoms with Gasteiger partial charge in [0.15, 0.2) is 0 Å². The van der Waals surface area contributed by atoms with Crippen molar-refractivity contribution in [3.8, 4) is 0 Å². The minimum Gasteiger partial charge on any atom is -0.449 e. The molecule has 1 saturated carbocycles. The van der Waals surface area contributed by atoms with Gasteiger partial charge in [-0.15, -0.1) is 0 Å². The molecule has 190 valence electrons. The molecular formula is C26H29ClF4N2O2. The first kappa shape index (κ1) is 25.6. The molecular weight excluding hydrogens is 484 g/mol. The number of rotatable bonds is 7. The van der Waals surface area contributed by atoms with Crippen molar-refractivity contribution in [2.24, 2.45) is 10.8 Å². The SMILES string of the molecule is Cc1ccc(F)cc1C[C@]1(CCc2ccc(N)c(Cl)c2)C[C@]12CCN(C(=O)OCCC(F)(F)F)C2. The van der Waals surface area contributed by atoms with Crippen molar-refractivity contribution in [2.75, 3.05) is 25.4 Å². The smallest absolute Gasteiger partial charge is 0.409 e. The highest BCUT2D eigenvalue weighted by Crippen LogP contribution is 2.71. The van der Waals surface area contributed by atoms with Crippen LogP contribution in [-0.4, -0.2) is 36.9 Å². The van der Waals surface area contributed by atoms with Gasteiger partial charge in [-0.3, -0.25) is 0 Å². The Balaban J connectivity index is 1.49. The Bertz CT molecular complexity index is 1110. The van der Waals surface area contributed by atoms with Gasteiger partial charge in [0.2, 0.25) is 0 Å². The van der Waals surface area contributed by atoms with E-state index in [1.54, 1.807) is 18.2 Å². The van der Waals surface area contributed by atoms with Gasteiger partial charge >= 0.3 is 12.3 Å². The number of amides is 1. The lowest BCUT2D eigenvalue weighted by Gasteiger charge is -2.25. The number of hydrogen-bond donors (Lipinski definition) is 1. The predicted molar refractivity (Wildman–Crippen MR) is 127 cm³/mol. The van der Waals surface area contributed by atoms with E-state index in [1.807, 2.05) is 19.1 Å². The molecule has 1 spiro atoms. The lowest BCUT2D eigenvalue weighted by atomic mass is 9.81. The average molecular weight is 513 g/mol. The second kappa shape index (κ2) is 9.52. The molecule has 2 N–H and O–H groups in total. The van der Waals surface area contributed by atoms with Crippen LogP contribution in [0.2, 0.25) is 5.02 Å². The Morgan fingerprint density at radius 1 is 1.23 bits per heavy atom. The first-order valence-corrected chi connectivity index (χ1v) is 12.1. The molecule has 1 amide bonds. The van der Waals surface area contributed by atoms with Crippen LogP contribution in [0.15, 0.2) is 36.4 Å². The van der Waals surface area contributed by atoms with Gasteiger partial charge in [0.25, 0.3) is 0 Å². The number of hydrogen-bond acceptors (Lipinski definition) is 3. The summed E-state index contributed by atoms with van der Waals surface area (Å²) in [6.45, 7) is 2.13. The van der Waals surface area contributed by atoms with Crippen molar-refractivity contribution in [3.05, 3.63) is 63.9 Å². The van der Waals surface area contributed by atoms with Gasteiger partial charge in [0.05, 0.1) is 17.1 Å². The summed E-state index contributed by atoms with van der Waals surface area (Å²) < 4.78 is 56.2. The number of halogens is 5. The standard InChI is InChI=1S/C26H29ClF4N2O2/c1-17-2-4-20(28)13-19(17)14-24(7-6-18-3-5-22(32)21(27)12-18)15-25(24)8-10-33(16-25)23(34)35-11-9-26(29,30)31/h2-5,12-13H,6-11,14-16,32H2,1H3/t24-,25+/m1/s1. The molecule has 1 heterocycles. The molecule has 4 nitrogen and oxygen atoms in total. The van der Waals surface area contributed by atoms with E-state index >= 15 is 0 Å². The fourth-order valence-electron chi connectivity index (χ4n) is 5.55. The topological polar surface area (TPSA) is 55.6 Å². The van der Waals surface area contributed by atoms with E-state index in [0.717, 1.165) is 42.4 Å². The molecule has 1 saturated heterocycles. The molecule has 35 heavy (non-hydrogen) atoms. The second-order valence-corrected chi connectivity index (χ2v) is 10.4. The molecule has 2 aromatic rings. The number of carbonyl (C=O) groups is 1. The van der Waals surface area contributed by atoms with Gasteiger partial charge in [0, 0.05) is 13.1 Å². The molecule has 1 aliphatic carbocycles. The molecule has 2 fully saturated rings. The highest BCUT2D eigenvalue weighted by atomic mass is 35.5. The maximum absolute atomic E-state index is 14.0. The van der Waals surface area contributed by atoms with Crippen LogP contribution in [0.4, 0.5) is 28.0 Å². The van der Waals surface area contributed by atoms with Crippen LogP contribution in [-0.2, 0) is 17.6 Å². The normalized spacial score (nSPS) is 23.7. The highest BCUT2D eigenvalue weighted by Gasteiger charge is 2.68. The molecule has 4 rings (SSSR count). The van der Waals surface area contributed by atoms with E-state index in [9.17, 15) is 22.4 Å². The number of anilines is 1. The summed E-state index contributed by atoms with van der Waals surface area (Å²) in [6, 6.07) is 10.4. The molecule has 2 aromatic carbocycles. The van der Waals surface area contributed by atoms with Crippen molar-refractivity contribution in [2.45, 2.75) is 51.6 Å². The number of alkyl halides is 3. The Morgan fingerprint density at radius 2 is 2.00 bits per heavy atom. The summed E-state index contributed by atoms with van der Waals surface area (Å²) in [7, 11) is 0. The number of carbonyl (C=O) groups excluding carboxylic acids is 1. The van der Waals surface area contributed by atoms with Crippen LogP contribution >= 0.6 is 11.6 Å². The summed E-state index contributed by atoms with van der Waals surface area (Å²) in [5, 5.41) is 0.497. The first-order chi connectivity index (χ1) is 16.4. The van der Waals surface area contributed by atoms with Crippen molar-refractivity contribution in [3.63, 3.8) is 0 Å². The fourth-order valence-corrected chi connectivity index (χ4v) is 5.75. The van der Waals surface area contributed by atoms with E-state index in [1.165, 1.54) is 11.0 Å². The molecule has 2 atom stereocenters. The van der Waals surface area contributed by atoms with Crippen LogP contribution in [0.25, 0.3) is 0 Å². The second-order valence-electron chi connectivity index (χ2n) is 9.99. The quantitative estimate of drug-likeness (QED) is 0.331. The molecule has 0 unspecified atom stereocenters. The van der Waals surface area contributed by atoms with Crippen LogP contribution in [0.3, 0.4) is 0 Å². The van der Waals surface area contributed by atoms with E-state index < -0.39 is 25.3 Å². The Kier molecular flexibility index (Phi) is 6.97. The molecule has 0 radical (unpaired) electrons. The van der Waals surface area contributed by atoms with Crippen LogP contribution in [0.1, 0.15) is 42.4 Å². The van der Waals surface area contributed by atoms with Crippen LogP contribution in [0.5, 0.6) is 0 Å². The minimum atomic E-state index is -4.37. The number of nitrogens with two attached hydrogens (primary N) is 1. The maximum atomic E-state index is 14.0. The largest absolute Gasteiger partial charge is 0.449 e. The summed E-state index contributed by atoms with van der Waals surface area (Å²) in [5.41, 5.74) is 8.99. The van der Waals surface area contributed by atoms with Crippen molar-refractivity contribution >= 4 is 23.4 Å². The van der Waals surface area contributed by atoms with Gasteiger partial charge in [-0.25, -0.2) is 9.18 Å². The highest BCUT2D eigenvalue weighted by molar-refractivity contribution is 6.33. The van der Waals surface area contributed by atoms with E-state index in [2.05, 4.69) is 0 Å². The monoisotopic (exact) mass is 512 g/mol. The predicted octanol–water partition coefficient (Wildman–Crippen LogP) is 6.72. The third kappa shape index (κ3) is 5.68. The summed E-state index contributed by atoms with van der Waals surface area (Å²) in [4.78, 5) is 13.9. The first-order valence-electron chi connectivity index (χ1n) is 11.7. The van der Waals surface area contributed by atoms with Crippen molar-refractivity contribution < 1.29 is 27.1 Å². The third-order valence-corrected chi connectivity index (χ3v) is 8.02. The number of nitrogen functional groups attached to an aromatic ring is 1. The number of likely N-dealkylation sites (tertiary alicyclic amines) is 1. The number of benzene rings is 2. The van der Waals surface area contributed by atoms with Gasteiger partial charge in [-0.05, 0) is 90.8 Å². The third-order valence-electron chi connectivity index (χ3n) is 7.70. The Hall–Kier alpha value is -2.48. The lowest BCUT2D eigenvalue weighted by Crippen LogP contribution is -2.31. The van der Waals surface area contributed by atoms with Gasteiger partial charge in [-0.2, -0.15) is 13.2 Å². The minimum absolute atomic E-state index is 0.166. The van der Waals surface area contributed by atoms with E-state index in [0.29, 0.717) is 30.2 Å². The summed E-state index contributed by atoms with van der Waals surface area (Å²) in [6.07, 6.45) is -2.44. The molecule has 0 aromatic heterocycles. The zero-order chi connectivity index (χ0) is 25.4. The molecule has 0 bridgehead atoms. The Morgan fingerprint density at radius 3 is 2.71 bits per heavy atom. The summed E-state index contributed by atoms with van der Waals surface area (Å²) in [5.74, 6) is -0.290. The van der Waals surface area contributed by atoms with Crippen LogP contribution in [0, 0.1) is 23.6 Å². The molecule has 2 aliphatic rings. The van der Waals surface area contributed by atoms with Gasteiger partial charge in [0.1, 0.15) is 12.4 Å². The van der Waals surface area contributed by atoms with E-state index in [-0.39, 0.29) is 16.6 Å². The molecule has 9 heteroatoms. The van der Waals surface area contributed by atoms with Gasteiger partial charge < -0.3 is 15.4 Å². The summed E-state index contributed by atoms with van der Waals surface area (Å²) >= 11 is 6.20. The lowest BCUT2D eigenvalue weighted by molar-refractivity contribution is -0.141. The number of ether oxygens (including phenoxy) is 1. The van der Waals surface area contributed by atoms with Gasteiger partial charge in [-0.1, -0.05) is 23.7 Å². The number of nitrogens with zero attached hydrogens (tertiary/aromatic N) is 1. The zero-order valence-corrected chi connectivity index (χ0v) is 20.3. The maximum Gasteiger partial charge on any atom is 0.409 e. The Labute approximate surface area is 207 Å². The molecule has 1 aliphatic heterocycles. The number of aryl methyl sites for hydroxylation is 2. The zero-order valence-electron chi connectivity index (χ0n) is 19.6. The van der Waals surface area contributed by atoms with Crippen molar-refractivity contribution in [1.29, 1.82) is 0 Å². The van der Waals surface area contributed by atoms with E-state index in [4.69, 9.17) is 22.1 Å².